The maximum atomic E-state index is 13.1. The first-order chi connectivity index (χ1) is 10.2. The normalized spacial score (nSPS) is 11.3. The summed E-state index contributed by atoms with van der Waals surface area (Å²) in [6.45, 7) is 0. The van der Waals surface area contributed by atoms with E-state index in [1.807, 2.05) is 17.5 Å². The van der Waals surface area contributed by atoms with E-state index >= 15 is 0 Å². The van der Waals surface area contributed by atoms with Crippen molar-refractivity contribution in [3.8, 4) is 0 Å². The minimum Gasteiger partial charge on any atom is -0.250 e. The van der Waals surface area contributed by atoms with Gasteiger partial charge in [0.15, 0.2) is 5.82 Å². The number of thiophene rings is 1. The molecule has 0 aliphatic rings. The van der Waals surface area contributed by atoms with Gasteiger partial charge in [0.1, 0.15) is 5.82 Å². The van der Waals surface area contributed by atoms with Crippen LogP contribution in [-0.2, 0) is 6.42 Å². The Morgan fingerprint density at radius 2 is 2.29 bits per heavy atom. The zero-order valence-electron chi connectivity index (χ0n) is 10.9. The van der Waals surface area contributed by atoms with Crippen LogP contribution >= 0.6 is 23.6 Å². The van der Waals surface area contributed by atoms with Gasteiger partial charge in [-0.2, -0.15) is 14.9 Å². The summed E-state index contributed by atoms with van der Waals surface area (Å²) in [7, 11) is 0. The number of rotatable bonds is 4. The number of H-pyrrole nitrogens is 1. The predicted octanol–water partition coefficient (Wildman–Crippen LogP) is 3.61. The number of aromatic amines is 1. The van der Waals surface area contributed by atoms with Crippen molar-refractivity contribution >= 4 is 29.8 Å². The molecule has 1 N–H and O–H groups in total. The Morgan fingerprint density at radius 1 is 1.38 bits per heavy atom. The van der Waals surface area contributed by atoms with Gasteiger partial charge in [0.2, 0.25) is 4.77 Å². The van der Waals surface area contributed by atoms with Crippen molar-refractivity contribution in [2.45, 2.75) is 6.42 Å². The van der Waals surface area contributed by atoms with Gasteiger partial charge in [-0.3, -0.25) is 5.10 Å². The summed E-state index contributed by atoms with van der Waals surface area (Å²) < 4.78 is 15.1. The van der Waals surface area contributed by atoms with Crippen LogP contribution in [0, 0.1) is 10.6 Å². The van der Waals surface area contributed by atoms with E-state index in [2.05, 4.69) is 15.3 Å². The van der Waals surface area contributed by atoms with E-state index in [1.165, 1.54) is 17.0 Å². The fourth-order valence-corrected chi connectivity index (χ4v) is 2.74. The first kappa shape index (κ1) is 13.8. The van der Waals surface area contributed by atoms with E-state index in [-0.39, 0.29) is 5.82 Å². The van der Waals surface area contributed by atoms with Crippen LogP contribution in [0.15, 0.2) is 46.9 Å². The minimum atomic E-state index is -0.298. The van der Waals surface area contributed by atoms with Crippen molar-refractivity contribution in [1.82, 2.24) is 14.9 Å². The highest BCUT2D eigenvalue weighted by atomic mass is 32.1. The van der Waals surface area contributed by atoms with Crippen molar-refractivity contribution < 1.29 is 4.39 Å². The smallest absolute Gasteiger partial charge is 0.216 e. The minimum absolute atomic E-state index is 0.298. The van der Waals surface area contributed by atoms with Gasteiger partial charge in [0, 0.05) is 11.3 Å². The van der Waals surface area contributed by atoms with Crippen LogP contribution < -0.4 is 0 Å². The molecule has 0 saturated heterocycles. The first-order valence-electron chi connectivity index (χ1n) is 6.21. The molecular formula is C14H11FN4S2. The lowest BCUT2D eigenvalue weighted by atomic mass is 10.2. The van der Waals surface area contributed by atoms with Gasteiger partial charge in [-0.15, -0.1) is 11.3 Å². The number of aromatic nitrogens is 3. The maximum Gasteiger partial charge on any atom is 0.216 e. The molecule has 2 heterocycles. The van der Waals surface area contributed by atoms with Crippen molar-refractivity contribution in [3.05, 3.63) is 68.6 Å². The van der Waals surface area contributed by atoms with Crippen LogP contribution in [0.3, 0.4) is 0 Å². The molecule has 0 saturated carbocycles. The highest BCUT2D eigenvalue weighted by Gasteiger charge is 2.06. The molecule has 0 bridgehead atoms. The Kier molecular flexibility index (Phi) is 4.03. The standard InChI is InChI=1S/C14H11FN4S2/c15-11-4-1-3-10(7-11)9-16-19-13(17-18-14(19)20)8-12-5-2-6-21-12/h1-7,9H,8H2,(H,18,20)/b16-9-. The zero-order valence-corrected chi connectivity index (χ0v) is 12.5. The van der Waals surface area contributed by atoms with Gasteiger partial charge in [-0.1, -0.05) is 18.2 Å². The summed E-state index contributed by atoms with van der Waals surface area (Å²) in [5.41, 5.74) is 0.667. The molecule has 0 fully saturated rings. The summed E-state index contributed by atoms with van der Waals surface area (Å²) in [6.07, 6.45) is 2.21. The Hall–Kier alpha value is -2.12. The molecule has 21 heavy (non-hydrogen) atoms. The number of benzene rings is 1. The molecule has 1 aromatic carbocycles. The number of halogens is 1. The molecule has 2 aromatic heterocycles. The van der Waals surface area contributed by atoms with Crippen LogP contribution in [0.1, 0.15) is 16.3 Å². The highest BCUT2D eigenvalue weighted by Crippen LogP contribution is 2.13. The van der Waals surface area contributed by atoms with Crippen molar-refractivity contribution in [1.29, 1.82) is 0 Å². The van der Waals surface area contributed by atoms with Gasteiger partial charge >= 0.3 is 0 Å². The van der Waals surface area contributed by atoms with Crippen molar-refractivity contribution in [2.75, 3.05) is 0 Å². The fourth-order valence-electron chi connectivity index (χ4n) is 1.84. The monoisotopic (exact) mass is 318 g/mol. The molecule has 4 nitrogen and oxygen atoms in total. The number of hydrogen-bond acceptors (Lipinski definition) is 4. The van der Waals surface area contributed by atoms with Crippen LogP contribution in [0.25, 0.3) is 0 Å². The van der Waals surface area contributed by atoms with E-state index in [0.717, 1.165) is 5.82 Å². The van der Waals surface area contributed by atoms with Gasteiger partial charge in [0.25, 0.3) is 0 Å². The molecular weight excluding hydrogens is 307 g/mol. The Labute approximate surface area is 129 Å². The zero-order chi connectivity index (χ0) is 14.7. The molecule has 0 unspecified atom stereocenters. The summed E-state index contributed by atoms with van der Waals surface area (Å²) in [4.78, 5) is 1.17. The van der Waals surface area contributed by atoms with Crippen LogP contribution in [-0.4, -0.2) is 21.1 Å². The van der Waals surface area contributed by atoms with E-state index in [1.54, 1.807) is 34.4 Å². The average Bonchev–Trinajstić information content (AvgIpc) is 3.08. The topological polar surface area (TPSA) is 46.0 Å². The van der Waals surface area contributed by atoms with Crippen LogP contribution in [0.5, 0.6) is 0 Å². The number of nitrogens with one attached hydrogen (secondary N) is 1. The van der Waals surface area contributed by atoms with Crippen molar-refractivity contribution in [3.63, 3.8) is 0 Å². The van der Waals surface area contributed by atoms with Crippen molar-refractivity contribution in [2.24, 2.45) is 5.10 Å². The van der Waals surface area contributed by atoms with Gasteiger partial charge in [-0.05, 0) is 41.4 Å². The van der Waals surface area contributed by atoms with E-state index in [9.17, 15) is 4.39 Å². The SMILES string of the molecule is Fc1cccc(/C=N\n2c(Cc3cccs3)n[nH]c2=S)c1. The molecule has 0 atom stereocenters. The summed E-state index contributed by atoms with van der Waals surface area (Å²) >= 11 is 6.82. The molecule has 0 radical (unpaired) electrons. The number of nitrogens with zero attached hydrogens (tertiary/aromatic N) is 3. The second-order valence-corrected chi connectivity index (χ2v) is 5.73. The first-order valence-corrected chi connectivity index (χ1v) is 7.50. The summed E-state index contributed by atoms with van der Waals surface area (Å²) in [5, 5.41) is 13.2. The second-order valence-electron chi connectivity index (χ2n) is 4.31. The summed E-state index contributed by atoms with van der Waals surface area (Å²) in [6, 6.07) is 10.2. The maximum absolute atomic E-state index is 13.1. The molecule has 0 aliphatic carbocycles. The van der Waals surface area contributed by atoms with Gasteiger partial charge in [-0.25, -0.2) is 4.39 Å². The Bertz CT molecular complexity index is 818. The molecule has 3 aromatic rings. The van der Waals surface area contributed by atoms with Gasteiger partial charge < -0.3 is 0 Å². The van der Waals surface area contributed by atoms with E-state index in [0.29, 0.717) is 16.8 Å². The van der Waals surface area contributed by atoms with Crippen LogP contribution in [0.2, 0.25) is 0 Å². The quantitative estimate of drug-likeness (QED) is 0.590. The third-order valence-electron chi connectivity index (χ3n) is 2.80. The molecule has 3 rings (SSSR count). The highest BCUT2D eigenvalue weighted by molar-refractivity contribution is 7.71. The average molecular weight is 318 g/mol. The molecule has 7 heteroatoms. The largest absolute Gasteiger partial charge is 0.250 e. The Balaban J connectivity index is 1.88. The third kappa shape index (κ3) is 3.32. The second kappa shape index (κ2) is 6.11. The Morgan fingerprint density at radius 3 is 3.05 bits per heavy atom. The fraction of sp³-hybridized carbons (Fsp3) is 0.0714. The van der Waals surface area contributed by atoms with E-state index < -0.39 is 0 Å². The van der Waals surface area contributed by atoms with Gasteiger partial charge in [0.05, 0.1) is 6.21 Å². The van der Waals surface area contributed by atoms with Crippen LogP contribution in [0.4, 0.5) is 4.39 Å². The lowest BCUT2D eigenvalue weighted by Gasteiger charge is -1.99. The summed E-state index contributed by atoms with van der Waals surface area (Å²) in [5.74, 6) is 0.420. The molecule has 0 spiro atoms. The lowest BCUT2D eigenvalue weighted by molar-refractivity contribution is 0.627. The number of hydrogen-bond donors (Lipinski definition) is 1. The lowest BCUT2D eigenvalue weighted by Crippen LogP contribution is -1.99. The molecule has 0 amide bonds. The van der Waals surface area contributed by atoms with E-state index in [4.69, 9.17) is 12.2 Å². The predicted molar refractivity (Wildman–Crippen MR) is 83.9 cm³/mol. The third-order valence-corrected chi connectivity index (χ3v) is 3.94. The molecule has 106 valence electrons. The molecule has 0 aliphatic heterocycles.